The number of hydrogen-bond acceptors (Lipinski definition) is 1. The fourth-order valence-electron chi connectivity index (χ4n) is 1.12. The van der Waals surface area contributed by atoms with Crippen LogP contribution in [0.2, 0.25) is 0 Å². The molecule has 2 nitrogen and oxygen atoms in total. The van der Waals surface area contributed by atoms with Gasteiger partial charge in [0, 0.05) is 6.08 Å². The van der Waals surface area contributed by atoms with Gasteiger partial charge in [-0.25, -0.2) is 9.18 Å². The summed E-state index contributed by atoms with van der Waals surface area (Å²) in [4.78, 5) is 10.2. The van der Waals surface area contributed by atoms with E-state index in [-0.39, 0.29) is 5.82 Å². The minimum Gasteiger partial charge on any atom is -0.478 e. The molecule has 74 valence electrons. The van der Waals surface area contributed by atoms with Gasteiger partial charge in [0.15, 0.2) is 0 Å². The van der Waals surface area contributed by atoms with E-state index in [1.165, 1.54) is 12.1 Å². The number of carboxylic acids is 1. The molecule has 0 aliphatic rings. The van der Waals surface area contributed by atoms with Crippen LogP contribution in [0.5, 0.6) is 0 Å². The number of carbonyl (C=O) groups is 1. The van der Waals surface area contributed by atoms with Gasteiger partial charge in [0.1, 0.15) is 5.82 Å². The Balaban J connectivity index is 2.91. The van der Waals surface area contributed by atoms with Crippen molar-refractivity contribution >= 4 is 12.0 Å². The van der Waals surface area contributed by atoms with Crippen molar-refractivity contribution in [1.82, 2.24) is 0 Å². The summed E-state index contributed by atoms with van der Waals surface area (Å²) in [5.41, 5.74) is 1.19. The van der Waals surface area contributed by atoms with Crippen LogP contribution >= 0.6 is 0 Å². The Morgan fingerprint density at radius 1 is 1.57 bits per heavy atom. The Labute approximate surface area is 81.7 Å². The van der Waals surface area contributed by atoms with Crippen molar-refractivity contribution in [2.75, 3.05) is 0 Å². The highest BCUT2D eigenvalue weighted by Gasteiger charge is 1.99. The standard InChI is InChI=1S/C11H11FO2/c1-2-9-5-3-8(7-10(9)12)4-6-11(13)14/h3-7H,2H2,1H3,(H,13,14)/b6-4+. The van der Waals surface area contributed by atoms with E-state index in [2.05, 4.69) is 0 Å². The molecule has 0 aliphatic heterocycles. The van der Waals surface area contributed by atoms with Crippen molar-refractivity contribution in [3.05, 3.63) is 41.2 Å². The van der Waals surface area contributed by atoms with Crippen LogP contribution in [0.3, 0.4) is 0 Å². The lowest BCUT2D eigenvalue weighted by Crippen LogP contribution is -1.89. The van der Waals surface area contributed by atoms with Crippen LogP contribution in [0.1, 0.15) is 18.1 Å². The second-order valence-electron chi connectivity index (χ2n) is 2.88. The maximum absolute atomic E-state index is 13.2. The first-order valence-electron chi connectivity index (χ1n) is 4.33. The average molecular weight is 194 g/mol. The summed E-state index contributed by atoms with van der Waals surface area (Å²) in [5.74, 6) is -1.33. The average Bonchev–Trinajstić information content (AvgIpc) is 2.15. The van der Waals surface area contributed by atoms with Gasteiger partial charge in [0.25, 0.3) is 0 Å². The third-order valence-corrected chi connectivity index (χ3v) is 1.88. The highest BCUT2D eigenvalue weighted by Crippen LogP contribution is 2.12. The molecule has 0 unspecified atom stereocenters. The molecular formula is C11H11FO2. The molecule has 0 saturated carbocycles. The van der Waals surface area contributed by atoms with Gasteiger partial charge in [0.05, 0.1) is 0 Å². The molecule has 0 fully saturated rings. The highest BCUT2D eigenvalue weighted by atomic mass is 19.1. The predicted molar refractivity (Wildman–Crippen MR) is 52.4 cm³/mol. The number of aryl methyl sites for hydroxylation is 1. The lowest BCUT2D eigenvalue weighted by Gasteiger charge is -1.99. The number of benzene rings is 1. The first kappa shape index (κ1) is 10.4. The second kappa shape index (κ2) is 4.56. The highest BCUT2D eigenvalue weighted by molar-refractivity contribution is 5.85. The third-order valence-electron chi connectivity index (χ3n) is 1.88. The molecule has 1 aromatic carbocycles. The summed E-state index contributed by atoms with van der Waals surface area (Å²) < 4.78 is 13.2. The van der Waals surface area contributed by atoms with E-state index in [1.807, 2.05) is 6.92 Å². The van der Waals surface area contributed by atoms with Crippen molar-refractivity contribution in [3.8, 4) is 0 Å². The molecule has 3 heteroatoms. The normalized spacial score (nSPS) is 10.7. The summed E-state index contributed by atoms with van der Waals surface area (Å²) in [6, 6.07) is 4.69. The van der Waals surface area contributed by atoms with Crippen molar-refractivity contribution in [3.63, 3.8) is 0 Å². The molecule has 14 heavy (non-hydrogen) atoms. The molecular weight excluding hydrogens is 183 g/mol. The Morgan fingerprint density at radius 3 is 2.79 bits per heavy atom. The number of hydrogen-bond donors (Lipinski definition) is 1. The lowest BCUT2D eigenvalue weighted by atomic mass is 10.1. The Bertz CT molecular complexity index is 370. The van der Waals surface area contributed by atoms with Crippen molar-refractivity contribution in [1.29, 1.82) is 0 Å². The predicted octanol–water partition coefficient (Wildman–Crippen LogP) is 2.49. The van der Waals surface area contributed by atoms with Gasteiger partial charge < -0.3 is 5.11 Å². The zero-order chi connectivity index (χ0) is 10.6. The summed E-state index contributed by atoms with van der Waals surface area (Å²) >= 11 is 0. The number of rotatable bonds is 3. The molecule has 0 bridgehead atoms. The number of halogens is 1. The topological polar surface area (TPSA) is 37.3 Å². The molecule has 1 rings (SSSR count). The zero-order valence-corrected chi connectivity index (χ0v) is 7.83. The Morgan fingerprint density at radius 2 is 2.29 bits per heavy atom. The number of aliphatic carboxylic acids is 1. The molecule has 0 amide bonds. The van der Waals surface area contributed by atoms with Gasteiger partial charge in [-0.05, 0) is 29.7 Å². The maximum atomic E-state index is 13.2. The SMILES string of the molecule is CCc1ccc(/C=C/C(=O)O)cc1F. The van der Waals surface area contributed by atoms with Crippen molar-refractivity contribution < 1.29 is 14.3 Å². The van der Waals surface area contributed by atoms with E-state index in [0.717, 1.165) is 6.08 Å². The van der Waals surface area contributed by atoms with Crippen LogP contribution in [0.15, 0.2) is 24.3 Å². The Hall–Kier alpha value is -1.64. The Kier molecular flexibility index (Phi) is 3.40. The first-order valence-corrected chi connectivity index (χ1v) is 4.33. The van der Waals surface area contributed by atoms with E-state index in [9.17, 15) is 9.18 Å². The summed E-state index contributed by atoms with van der Waals surface area (Å²) in [5, 5.41) is 8.36. The number of carboxylic acid groups (broad SMARTS) is 1. The molecule has 1 aromatic rings. The molecule has 0 saturated heterocycles. The minimum atomic E-state index is -1.04. The molecule has 0 spiro atoms. The molecule has 0 heterocycles. The van der Waals surface area contributed by atoms with E-state index in [0.29, 0.717) is 17.5 Å². The first-order chi connectivity index (χ1) is 6.63. The molecule has 0 radical (unpaired) electrons. The van der Waals surface area contributed by atoms with Crippen LogP contribution < -0.4 is 0 Å². The van der Waals surface area contributed by atoms with E-state index in [1.54, 1.807) is 12.1 Å². The zero-order valence-electron chi connectivity index (χ0n) is 7.83. The monoisotopic (exact) mass is 194 g/mol. The van der Waals surface area contributed by atoms with E-state index in [4.69, 9.17) is 5.11 Å². The van der Waals surface area contributed by atoms with Gasteiger partial charge in [-0.1, -0.05) is 19.1 Å². The van der Waals surface area contributed by atoms with Crippen molar-refractivity contribution in [2.24, 2.45) is 0 Å². The smallest absolute Gasteiger partial charge is 0.328 e. The fourth-order valence-corrected chi connectivity index (χ4v) is 1.12. The van der Waals surface area contributed by atoms with Gasteiger partial charge in [0.2, 0.25) is 0 Å². The second-order valence-corrected chi connectivity index (χ2v) is 2.88. The minimum absolute atomic E-state index is 0.292. The van der Waals surface area contributed by atoms with Gasteiger partial charge in [-0.3, -0.25) is 0 Å². The summed E-state index contributed by atoms with van der Waals surface area (Å²) in [7, 11) is 0. The quantitative estimate of drug-likeness (QED) is 0.750. The maximum Gasteiger partial charge on any atom is 0.328 e. The van der Waals surface area contributed by atoms with Crippen LogP contribution in [0.4, 0.5) is 4.39 Å². The summed E-state index contributed by atoms with van der Waals surface area (Å²) in [6.07, 6.45) is 2.99. The van der Waals surface area contributed by atoms with Gasteiger partial charge in [-0.15, -0.1) is 0 Å². The molecule has 1 N–H and O–H groups in total. The molecule has 0 aliphatic carbocycles. The fraction of sp³-hybridized carbons (Fsp3) is 0.182. The van der Waals surface area contributed by atoms with Crippen LogP contribution in [-0.4, -0.2) is 11.1 Å². The van der Waals surface area contributed by atoms with E-state index < -0.39 is 5.97 Å². The third kappa shape index (κ3) is 2.69. The van der Waals surface area contributed by atoms with E-state index >= 15 is 0 Å². The largest absolute Gasteiger partial charge is 0.478 e. The lowest BCUT2D eigenvalue weighted by molar-refractivity contribution is -0.131. The van der Waals surface area contributed by atoms with Crippen molar-refractivity contribution in [2.45, 2.75) is 13.3 Å². The van der Waals surface area contributed by atoms with Crippen LogP contribution in [0.25, 0.3) is 6.08 Å². The van der Waals surface area contributed by atoms with Crippen LogP contribution in [-0.2, 0) is 11.2 Å². The van der Waals surface area contributed by atoms with Gasteiger partial charge >= 0.3 is 5.97 Å². The molecule has 0 atom stereocenters. The summed E-state index contributed by atoms with van der Waals surface area (Å²) in [6.45, 7) is 1.87. The molecule has 0 aromatic heterocycles. The van der Waals surface area contributed by atoms with Crippen LogP contribution in [0, 0.1) is 5.82 Å². The van der Waals surface area contributed by atoms with Gasteiger partial charge in [-0.2, -0.15) is 0 Å².